The molecule has 4 heteroatoms. The Morgan fingerprint density at radius 3 is 2.30 bits per heavy atom. The van der Waals surface area contributed by atoms with Gasteiger partial charge in [0.25, 0.3) is 0 Å². The Morgan fingerprint density at radius 2 is 1.70 bits per heavy atom. The van der Waals surface area contributed by atoms with Gasteiger partial charge in [0.2, 0.25) is 11.8 Å². The minimum atomic E-state index is -0.247. The van der Waals surface area contributed by atoms with Gasteiger partial charge in [-0.2, -0.15) is 0 Å². The first-order chi connectivity index (χ1) is 9.65. The number of carbonyl (C=O) groups is 2. The van der Waals surface area contributed by atoms with Gasteiger partial charge in [-0.1, -0.05) is 32.6 Å². The fraction of sp³-hybridized carbons (Fsp3) is 0.875. The summed E-state index contributed by atoms with van der Waals surface area (Å²) in [6, 6.07) is 0.369. The molecule has 0 aromatic heterocycles. The molecule has 3 aliphatic rings. The second kappa shape index (κ2) is 5.84. The Bertz CT molecular complexity index is 382. The normalized spacial score (nSPS) is 36.0. The minimum Gasteiger partial charge on any atom is -0.303 e. The number of nitrogens with zero attached hydrogens (tertiary/aromatic N) is 1. The van der Waals surface area contributed by atoms with Crippen molar-refractivity contribution < 1.29 is 9.59 Å². The zero-order valence-corrected chi connectivity index (χ0v) is 12.4. The van der Waals surface area contributed by atoms with E-state index in [1.165, 1.54) is 12.8 Å². The van der Waals surface area contributed by atoms with Crippen LogP contribution in [0.1, 0.15) is 64.7 Å². The van der Waals surface area contributed by atoms with Crippen molar-refractivity contribution in [3.63, 3.8) is 0 Å². The number of hydrogen-bond acceptors (Lipinski definition) is 3. The Kier molecular flexibility index (Phi) is 4.11. The third-order valence-corrected chi connectivity index (χ3v) is 5.18. The highest BCUT2D eigenvalue weighted by atomic mass is 16.2. The van der Waals surface area contributed by atoms with Gasteiger partial charge < -0.3 is 5.32 Å². The van der Waals surface area contributed by atoms with Crippen LogP contribution in [0.5, 0.6) is 0 Å². The van der Waals surface area contributed by atoms with E-state index in [-0.39, 0.29) is 23.9 Å². The molecule has 1 aliphatic heterocycles. The van der Waals surface area contributed by atoms with Crippen molar-refractivity contribution in [1.82, 2.24) is 10.2 Å². The molecular weight excluding hydrogens is 252 g/mol. The van der Waals surface area contributed by atoms with Crippen LogP contribution in [0.4, 0.5) is 0 Å². The Labute approximate surface area is 121 Å². The molecule has 0 radical (unpaired) electrons. The molecule has 112 valence electrons. The molecule has 20 heavy (non-hydrogen) atoms. The quantitative estimate of drug-likeness (QED) is 0.636. The van der Waals surface area contributed by atoms with E-state index in [0.29, 0.717) is 12.5 Å². The van der Waals surface area contributed by atoms with Gasteiger partial charge in [0.1, 0.15) is 0 Å². The molecule has 0 aromatic carbocycles. The SMILES string of the molecule is CC1CC(NC2CC(=O)N(C3CCCCCC3)C2=O)C1. The van der Waals surface area contributed by atoms with Gasteiger partial charge in [-0.15, -0.1) is 0 Å². The van der Waals surface area contributed by atoms with Crippen LogP contribution in [0.3, 0.4) is 0 Å². The van der Waals surface area contributed by atoms with E-state index in [0.717, 1.165) is 44.4 Å². The topological polar surface area (TPSA) is 49.4 Å². The Morgan fingerprint density at radius 1 is 1.05 bits per heavy atom. The first kappa shape index (κ1) is 14.1. The molecule has 0 bridgehead atoms. The van der Waals surface area contributed by atoms with Crippen molar-refractivity contribution in [1.29, 1.82) is 0 Å². The zero-order valence-electron chi connectivity index (χ0n) is 12.4. The van der Waals surface area contributed by atoms with E-state index in [9.17, 15) is 9.59 Å². The standard InChI is InChI=1S/C16H26N2O2/c1-11-8-12(9-11)17-14-10-15(19)18(16(14)20)13-6-4-2-3-5-7-13/h11-14,17H,2-10H2,1H3. The highest BCUT2D eigenvalue weighted by Gasteiger charge is 2.43. The van der Waals surface area contributed by atoms with Crippen LogP contribution in [0.15, 0.2) is 0 Å². The van der Waals surface area contributed by atoms with E-state index in [1.54, 1.807) is 4.90 Å². The maximum atomic E-state index is 12.5. The third kappa shape index (κ3) is 2.76. The maximum Gasteiger partial charge on any atom is 0.247 e. The summed E-state index contributed by atoms with van der Waals surface area (Å²) in [5, 5.41) is 3.40. The highest BCUT2D eigenvalue weighted by Crippen LogP contribution is 2.30. The second-order valence-corrected chi connectivity index (χ2v) is 6.94. The largest absolute Gasteiger partial charge is 0.303 e. The third-order valence-electron chi connectivity index (χ3n) is 5.18. The number of imide groups is 1. The summed E-state index contributed by atoms with van der Waals surface area (Å²) in [7, 11) is 0. The van der Waals surface area contributed by atoms with Crippen molar-refractivity contribution >= 4 is 11.8 Å². The monoisotopic (exact) mass is 278 g/mol. The molecule has 2 aliphatic carbocycles. The fourth-order valence-electron chi connectivity index (χ4n) is 4.00. The van der Waals surface area contributed by atoms with Crippen molar-refractivity contribution in [3.05, 3.63) is 0 Å². The summed E-state index contributed by atoms with van der Waals surface area (Å²) >= 11 is 0. The molecule has 2 amide bonds. The lowest BCUT2D eigenvalue weighted by atomic mass is 9.81. The number of carbonyl (C=O) groups excluding carboxylic acids is 2. The van der Waals surface area contributed by atoms with Gasteiger partial charge in [0, 0.05) is 12.1 Å². The van der Waals surface area contributed by atoms with E-state index in [2.05, 4.69) is 12.2 Å². The van der Waals surface area contributed by atoms with E-state index >= 15 is 0 Å². The van der Waals surface area contributed by atoms with Crippen LogP contribution in [0.2, 0.25) is 0 Å². The summed E-state index contributed by atoms with van der Waals surface area (Å²) in [5.41, 5.74) is 0. The fourth-order valence-corrected chi connectivity index (χ4v) is 4.00. The summed E-state index contributed by atoms with van der Waals surface area (Å²) in [4.78, 5) is 26.4. The molecule has 3 rings (SSSR count). The van der Waals surface area contributed by atoms with Crippen LogP contribution in [0, 0.1) is 5.92 Å². The molecule has 3 fully saturated rings. The van der Waals surface area contributed by atoms with Gasteiger partial charge in [-0.3, -0.25) is 14.5 Å². The van der Waals surface area contributed by atoms with Crippen LogP contribution in [0.25, 0.3) is 0 Å². The Balaban J connectivity index is 1.60. The highest BCUT2D eigenvalue weighted by molar-refractivity contribution is 6.05. The van der Waals surface area contributed by atoms with Crippen LogP contribution in [-0.2, 0) is 9.59 Å². The van der Waals surface area contributed by atoms with Crippen LogP contribution < -0.4 is 5.32 Å². The number of nitrogens with one attached hydrogen (secondary N) is 1. The molecule has 4 nitrogen and oxygen atoms in total. The average molecular weight is 278 g/mol. The molecule has 1 heterocycles. The first-order valence-corrected chi connectivity index (χ1v) is 8.27. The lowest BCUT2D eigenvalue weighted by Crippen LogP contribution is -2.50. The lowest BCUT2D eigenvalue weighted by molar-refractivity contribution is -0.142. The smallest absolute Gasteiger partial charge is 0.247 e. The summed E-state index contributed by atoms with van der Waals surface area (Å²) in [5.74, 6) is 0.853. The average Bonchev–Trinajstić information content (AvgIpc) is 2.60. The van der Waals surface area contributed by atoms with Gasteiger partial charge >= 0.3 is 0 Å². The molecule has 1 N–H and O–H groups in total. The number of hydrogen-bond donors (Lipinski definition) is 1. The predicted octanol–water partition coefficient (Wildman–Crippen LogP) is 2.22. The van der Waals surface area contributed by atoms with E-state index in [1.807, 2.05) is 0 Å². The molecule has 0 aromatic rings. The Hall–Kier alpha value is -0.900. The molecule has 1 saturated heterocycles. The van der Waals surface area contributed by atoms with Crippen LogP contribution >= 0.6 is 0 Å². The van der Waals surface area contributed by atoms with Crippen molar-refractivity contribution in [2.24, 2.45) is 5.92 Å². The summed E-state index contributed by atoms with van der Waals surface area (Å²) in [6.45, 7) is 2.23. The zero-order chi connectivity index (χ0) is 14.1. The van der Waals surface area contributed by atoms with Gasteiger partial charge in [0.15, 0.2) is 0 Å². The second-order valence-electron chi connectivity index (χ2n) is 6.94. The maximum absolute atomic E-state index is 12.5. The van der Waals surface area contributed by atoms with E-state index in [4.69, 9.17) is 0 Å². The predicted molar refractivity (Wildman–Crippen MR) is 77.1 cm³/mol. The molecule has 1 unspecified atom stereocenters. The van der Waals surface area contributed by atoms with Crippen molar-refractivity contribution in [3.8, 4) is 0 Å². The molecule has 2 saturated carbocycles. The first-order valence-electron chi connectivity index (χ1n) is 8.27. The number of amides is 2. The number of likely N-dealkylation sites (tertiary alicyclic amines) is 1. The van der Waals surface area contributed by atoms with Crippen molar-refractivity contribution in [2.45, 2.75) is 82.8 Å². The van der Waals surface area contributed by atoms with Gasteiger partial charge in [-0.05, 0) is 31.6 Å². The lowest BCUT2D eigenvalue weighted by Gasteiger charge is -2.35. The summed E-state index contributed by atoms with van der Waals surface area (Å²) in [6.07, 6.45) is 9.46. The molecule has 1 atom stereocenters. The van der Waals surface area contributed by atoms with Gasteiger partial charge in [0.05, 0.1) is 12.5 Å². The van der Waals surface area contributed by atoms with Gasteiger partial charge in [-0.25, -0.2) is 0 Å². The van der Waals surface area contributed by atoms with E-state index < -0.39 is 0 Å². The van der Waals surface area contributed by atoms with Crippen LogP contribution in [-0.4, -0.2) is 34.8 Å². The number of rotatable bonds is 3. The minimum absolute atomic E-state index is 0.0430. The molecular formula is C16H26N2O2. The summed E-state index contributed by atoms with van der Waals surface area (Å²) < 4.78 is 0. The molecule has 0 spiro atoms. The van der Waals surface area contributed by atoms with Crippen molar-refractivity contribution in [2.75, 3.05) is 0 Å².